The Bertz CT molecular complexity index is 3150. The van der Waals surface area contributed by atoms with Crippen LogP contribution in [-0.2, 0) is 5.41 Å². The molecule has 0 amide bonds. The summed E-state index contributed by atoms with van der Waals surface area (Å²) in [5.74, 6) is 0. The molecule has 0 atom stereocenters. The quantitative estimate of drug-likeness (QED) is 0.161. The lowest BCUT2D eigenvalue weighted by molar-refractivity contribution is 0.660. The number of hydrogen-bond acceptors (Lipinski definition) is 2. The van der Waals surface area contributed by atoms with Gasteiger partial charge >= 0.3 is 0 Å². The van der Waals surface area contributed by atoms with Crippen LogP contribution in [0.15, 0.2) is 217 Å². The van der Waals surface area contributed by atoms with Gasteiger partial charge in [0, 0.05) is 33.1 Å². The largest absolute Gasteiger partial charge is 0.453 e. The number of benzene rings is 9. The van der Waals surface area contributed by atoms with E-state index in [0.29, 0.717) is 0 Å². The summed E-state index contributed by atoms with van der Waals surface area (Å²) in [6.07, 6.45) is 0. The van der Waals surface area contributed by atoms with Gasteiger partial charge in [0.15, 0.2) is 5.58 Å². The van der Waals surface area contributed by atoms with Gasteiger partial charge in [-0.25, -0.2) is 0 Å². The van der Waals surface area contributed by atoms with Crippen LogP contribution in [0.4, 0.5) is 17.1 Å². The fraction of sp³-hybridized carbons (Fsp3) is 0.0526. The van der Waals surface area contributed by atoms with Crippen molar-refractivity contribution in [2.75, 3.05) is 4.90 Å². The first kappa shape index (κ1) is 34.8. The highest BCUT2D eigenvalue weighted by molar-refractivity contribution is 6.16. The van der Waals surface area contributed by atoms with Gasteiger partial charge in [-0.1, -0.05) is 178 Å². The van der Waals surface area contributed by atoms with E-state index in [2.05, 4.69) is 231 Å². The Kier molecular flexibility index (Phi) is 8.20. The maximum Gasteiger partial charge on any atom is 0.159 e. The zero-order chi connectivity index (χ0) is 39.5. The lowest BCUT2D eigenvalue weighted by Crippen LogP contribution is -2.16. The highest BCUT2D eigenvalue weighted by atomic mass is 16.3. The fourth-order valence-corrected chi connectivity index (χ4v) is 9.25. The first-order chi connectivity index (χ1) is 29.0. The molecule has 2 nitrogen and oxygen atoms in total. The van der Waals surface area contributed by atoms with E-state index in [-0.39, 0.29) is 5.41 Å². The Hall–Kier alpha value is -7.42. The Balaban J connectivity index is 1.21. The summed E-state index contributed by atoms with van der Waals surface area (Å²) in [6.45, 7) is 4.70. The van der Waals surface area contributed by atoms with E-state index in [0.717, 1.165) is 66.8 Å². The maximum atomic E-state index is 7.31. The maximum absolute atomic E-state index is 7.31. The zero-order valence-electron chi connectivity index (χ0n) is 33.1. The lowest BCUT2D eigenvalue weighted by atomic mass is 9.82. The average molecular weight is 756 g/mol. The molecule has 0 aliphatic heterocycles. The molecule has 11 rings (SSSR count). The van der Waals surface area contributed by atoms with Crippen LogP contribution in [0.25, 0.3) is 77.6 Å². The molecule has 1 aromatic heterocycles. The molecular weight excluding hydrogens is 715 g/mol. The summed E-state index contributed by atoms with van der Waals surface area (Å²) in [6, 6.07) is 76.7. The number of nitrogens with zero attached hydrogens (tertiary/aromatic N) is 1. The van der Waals surface area contributed by atoms with Crippen molar-refractivity contribution in [3.05, 3.63) is 223 Å². The van der Waals surface area contributed by atoms with Crippen LogP contribution in [0.5, 0.6) is 0 Å². The molecule has 0 bridgehead atoms. The van der Waals surface area contributed by atoms with Gasteiger partial charge in [0.1, 0.15) is 5.58 Å². The molecular formula is C57H41NO. The third-order valence-corrected chi connectivity index (χ3v) is 12.3. The van der Waals surface area contributed by atoms with Crippen molar-refractivity contribution in [2.24, 2.45) is 0 Å². The Labute approximate surface area is 345 Å². The van der Waals surface area contributed by atoms with Crippen molar-refractivity contribution in [3.8, 4) is 55.6 Å². The van der Waals surface area contributed by atoms with E-state index in [9.17, 15) is 0 Å². The minimum atomic E-state index is -0.163. The molecule has 0 fully saturated rings. The first-order valence-corrected chi connectivity index (χ1v) is 20.4. The van der Waals surface area contributed by atoms with Gasteiger partial charge in [0.05, 0.1) is 5.69 Å². The van der Waals surface area contributed by atoms with Gasteiger partial charge in [-0.3, -0.25) is 0 Å². The number of rotatable bonds is 7. The van der Waals surface area contributed by atoms with Gasteiger partial charge in [-0.2, -0.15) is 0 Å². The highest BCUT2D eigenvalue weighted by Gasteiger charge is 2.36. The summed E-state index contributed by atoms with van der Waals surface area (Å²) in [4.78, 5) is 2.41. The minimum Gasteiger partial charge on any atom is -0.453 e. The molecule has 0 N–H and O–H groups in total. The number of anilines is 3. The van der Waals surface area contributed by atoms with Crippen molar-refractivity contribution in [2.45, 2.75) is 19.3 Å². The smallest absolute Gasteiger partial charge is 0.159 e. The van der Waals surface area contributed by atoms with Crippen LogP contribution >= 0.6 is 0 Å². The monoisotopic (exact) mass is 755 g/mol. The number of furan rings is 1. The van der Waals surface area contributed by atoms with Crippen LogP contribution in [0, 0.1) is 0 Å². The van der Waals surface area contributed by atoms with Crippen LogP contribution in [0.3, 0.4) is 0 Å². The molecule has 1 heterocycles. The second kappa shape index (κ2) is 13.9. The summed E-state index contributed by atoms with van der Waals surface area (Å²) >= 11 is 0. The Morgan fingerprint density at radius 3 is 1.44 bits per heavy atom. The number of fused-ring (bicyclic) bond motifs is 6. The van der Waals surface area contributed by atoms with Gasteiger partial charge < -0.3 is 9.32 Å². The number of hydrogen-bond donors (Lipinski definition) is 0. The van der Waals surface area contributed by atoms with Crippen molar-refractivity contribution in [1.29, 1.82) is 0 Å². The third-order valence-electron chi connectivity index (χ3n) is 12.3. The molecule has 0 radical (unpaired) electrons. The normalized spacial score (nSPS) is 12.7. The highest BCUT2D eigenvalue weighted by Crippen LogP contribution is 2.52. The minimum absolute atomic E-state index is 0.163. The summed E-state index contributed by atoms with van der Waals surface area (Å²) < 4.78 is 7.31. The van der Waals surface area contributed by atoms with E-state index < -0.39 is 0 Å². The molecule has 9 aromatic carbocycles. The topological polar surface area (TPSA) is 16.4 Å². The predicted molar refractivity (Wildman–Crippen MR) is 248 cm³/mol. The van der Waals surface area contributed by atoms with E-state index in [1.807, 2.05) is 0 Å². The van der Waals surface area contributed by atoms with Gasteiger partial charge in [0.2, 0.25) is 0 Å². The van der Waals surface area contributed by atoms with Crippen molar-refractivity contribution >= 4 is 39.0 Å². The van der Waals surface area contributed by atoms with E-state index in [1.165, 1.54) is 38.9 Å². The standard InChI is InChI=1S/C57H41NO/c1-57(2)52-26-16-15-25-47(52)48-32-31-46(37-53(48)57)58(45-29-27-41(28-30-45)38-17-7-3-8-18-38)54-36-44(40-21-11-5-12-22-40)35-51-50-34-43(39-19-9-4-10-20-39)33-49(55(50)59-56(51)54)42-23-13-6-14-24-42/h3-37H,1-2H3. The molecule has 0 saturated heterocycles. The summed E-state index contributed by atoms with van der Waals surface area (Å²) in [7, 11) is 0. The van der Waals surface area contributed by atoms with Crippen LogP contribution in [-0.4, -0.2) is 0 Å². The molecule has 1 aliphatic carbocycles. The van der Waals surface area contributed by atoms with E-state index >= 15 is 0 Å². The van der Waals surface area contributed by atoms with E-state index in [4.69, 9.17) is 4.42 Å². The molecule has 59 heavy (non-hydrogen) atoms. The molecule has 10 aromatic rings. The van der Waals surface area contributed by atoms with Crippen molar-refractivity contribution in [1.82, 2.24) is 0 Å². The Morgan fingerprint density at radius 2 is 0.814 bits per heavy atom. The molecule has 0 spiro atoms. The SMILES string of the molecule is CC1(C)c2ccccc2-c2ccc(N(c3ccc(-c4ccccc4)cc3)c3cc(-c4ccccc4)cc4c3oc3c(-c5ccccc5)cc(-c5ccccc5)cc34)cc21. The molecule has 2 heteroatoms. The van der Waals surface area contributed by atoms with Gasteiger partial charge in [-0.15, -0.1) is 0 Å². The second-order valence-corrected chi connectivity index (χ2v) is 16.1. The van der Waals surface area contributed by atoms with Crippen LogP contribution in [0.1, 0.15) is 25.0 Å². The average Bonchev–Trinajstić information content (AvgIpc) is 3.79. The first-order valence-electron chi connectivity index (χ1n) is 20.4. The lowest BCUT2D eigenvalue weighted by Gasteiger charge is -2.28. The molecule has 280 valence electrons. The summed E-state index contributed by atoms with van der Waals surface area (Å²) in [5, 5.41) is 2.16. The fourth-order valence-electron chi connectivity index (χ4n) is 9.25. The molecule has 0 saturated carbocycles. The van der Waals surface area contributed by atoms with Crippen LogP contribution < -0.4 is 4.90 Å². The van der Waals surface area contributed by atoms with Gasteiger partial charge in [-0.05, 0) is 110 Å². The third kappa shape index (κ3) is 5.87. The predicted octanol–water partition coefficient (Wildman–Crippen LogP) is 16.0. The Morgan fingerprint density at radius 1 is 0.339 bits per heavy atom. The molecule has 0 unspecified atom stereocenters. The van der Waals surface area contributed by atoms with Gasteiger partial charge in [0.25, 0.3) is 0 Å². The second-order valence-electron chi connectivity index (χ2n) is 16.1. The zero-order valence-corrected chi connectivity index (χ0v) is 33.1. The van der Waals surface area contributed by atoms with E-state index in [1.54, 1.807) is 0 Å². The summed E-state index contributed by atoms with van der Waals surface area (Å²) in [5.41, 5.74) is 19.1. The van der Waals surface area contributed by atoms with Crippen molar-refractivity contribution < 1.29 is 4.42 Å². The van der Waals surface area contributed by atoms with Crippen molar-refractivity contribution in [3.63, 3.8) is 0 Å². The molecule has 1 aliphatic rings. The van der Waals surface area contributed by atoms with Crippen LogP contribution in [0.2, 0.25) is 0 Å².